The summed E-state index contributed by atoms with van der Waals surface area (Å²) in [7, 11) is -3.58. The molecule has 0 saturated carbocycles. The molecular weight excluding hydrogens is 330 g/mol. The Balaban J connectivity index is 0.00000242. The van der Waals surface area contributed by atoms with Crippen LogP contribution >= 0.6 is 12.4 Å². The van der Waals surface area contributed by atoms with E-state index >= 15 is 0 Å². The maximum absolute atomic E-state index is 12.5. The summed E-state index contributed by atoms with van der Waals surface area (Å²) in [5.74, 6) is -0.239. The van der Waals surface area contributed by atoms with Crippen LogP contribution in [-0.2, 0) is 10.0 Å². The molecule has 2 heterocycles. The number of aryl methyl sites for hydroxylation is 1. The van der Waals surface area contributed by atoms with Gasteiger partial charge in [0, 0.05) is 31.7 Å². The van der Waals surface area contributed by atoms with E-state index < -0.39 is 15.9 Å². The zero-order chi connectivity index (χ0) is 15.6. The highest BCUT2D eigenvalue weighted by molar-refractivity contribution is 7.89. The highest BCUT2D eigenvalue weighted by atomic mass is 35.5. The number of rotatable bonds is 5. The number of nitrogens with zero attached hydrogens (tertiary/aromatic N) is 1. The smallest absolute Gasteiger partial charge is 0.287 e. The van der Waals surface area contributed by atoms with Gasteiger partial charge in [-0.25, -0.2) is 8.42 Å². The van der Waals surface area contributed by atoms with Gasteiger partial charge in [0.1, 0.15) is 10.7 Å². The first kappa shape index (κ1) is 19.0. The molecule has 0 radical (unpaired) electrons. The summed E-state index contributed by atoms with van der Waals surface area (Å²) in [4.78, 5) is 12.0. The molecule has 1 amide bonds. The second kappa shape index (κ2) is 7.45. The van der Waals surface area contributed by atoms with Crippen molar-refractivity contribution >= 4 is 28.3 Å². The minimum atomic E-state index is -3.58. The minimum Gasteiger partial charge on any atom is -0.455 e. The Morgan fingerprint density at radius 2 is 2.05 bits per heavy atom. The predicted molar refractivity (Wildman–Crippen MR) is 84.7 cm³/mol. The molecule has 0 aliphatic carbocycles. The van der Waals surface area contributed by atoms with Gasteiger partial charge < -0.3 is 15.5 Å². The number of hydrogen-bond donors (Lipinski definition) is 2. The van der Waals surface area contributed by atoms with Crippen LogP contribution in [0.15, 0.2) is 15.4 Å². The van der Waals surface area contributed by atoms with Crippen LogP contribution in [0.1, 0.15) is 36.1 Å². The Bertz CT molecular complexity index is 623. The first-order chi connectivity index (χ1) is 9.86. The van der Waals surface area contributed by atoms with Gasteiger partial charge in [0.25, 0.3) is 5.91 Å². The molecule has 3 N–H and O–H groups in total. The Labute approximate surface area is 136 Å². The third kappa shape index (κ3) is 3.81. The van der Waals surface area contributed by atoms with Crippen molar-refractivity contribution in [3.63, 3.8) is 0 Å². The molecular formula is C13H22ClN3O4S. The fourth-order valence-electron chi connectivity index (χ4n) is 2.25. The van der Waals surface area contributed by atoms with Gasteiger partial charge in [-0.15, -0.1) is 12.4 Å². The van der Waals surface area contributed by atoms with Crippen molar-refractivity contribution in [2.45, 2.75) is 37.6 Å². The highest BCUT2D eigenvalue weighted by Crippen LogP contribution is 2.26. The van der Waals surface area contributed by atoms with Gasteiger partial charge >= 0.3 is 0 Å². The number of carbonyl (C=O) groups excluding carboxylic acids is 1. The average Bonchev–Trinajstić information content (AvgIpc) is 3.07. The fraction of sp³-hybridized carbons (Fsp3) is 0.615. The normalized spacial score (nSPS) is 17.0. The lowest BCUT2D eigenvalue weighted by atomic mass is 10.3. The third-order valence-electron chi connectivity index (χ3n) is 3.51. The Morgan fingerprint density at radius 3 is 2.59 bits per heavy atom. The molecule has 1 aliphatic heterocycles. The van der Waals surface area contributed by atoms with Gasteiger partial charge in [-0.3, -0.25) is 4.79 Å². The number of halogens is 1. The van der Waals surface area contributed by atoms with E-state index in [-0.39, 0.29) is 34.9 Å². The van der Waals surface area contributed by atoms with Crippen molar-refractivity contribution < 1.29 is 17.6 Å². The van der Waals surface area contributed by atoms with E-state index in [1.165, 1.54) is 10.4 Å². The monoisotopic (exact) mass is 351 g/mol. The maximum atomic E-state index is 12.5. The van der Waals surface area contributed by atoms with E-state index in [4.69, 9.17) is 10.2 Å². The largest absolute Gasteiger partial charge is 0.455 e. The standard InChI is InChI=1S/C13H21N3O4S.ClH/c1-9(8-14)15-13(17)11-7-12(10(2)20-11)21(18,19)16-5-3-4-6-16;/h7,9H,3-6,8,14H2,1-2H3,(H,15,17);1H/t9-;/m0./s1. The first-order valence-electron chi connectivity index (χ1n) is 6.97. The summed E-state index contributed by atoms with van der Waals surface area (Å²) in [6.45, 7) is 4.63. The van der Waals surface area contributed by atoms with Gasteiger partial charge in [-0.1, -0.05) is 0 Å². The van der Waals surface area contributed by atoms with Gasteiger partial charge in [0.2, 0.25) is 10.0 Å². The zero-order valence-electron chi connectivity index (χ0n) is 12.7. The van der Waals surface area contributed by atoms with Gasteiger partial charge in [0.05, 0.1) is 0 Å². The van der Waals surface area contributed by atoms with Crippen LogP contribution in [0.25, 0.3) is 0 Å². The summed E-state index contributed by atoms with van der Waals surface area (Å²) in [6, 6.07) is 1.09. The molecule has 1 aromatic rings. The number of nitrogens with one attached hydrogen (secondary N) is 1. The van der Waals surface area contributed by atoms with Crippen molar-refractivity contribution in [1.82, 2.24) is 9.62 Å². The number of sulfonamides is 1. The molecule has 1 fully saturated rings. The molecule has 126 valence electrons. The van der Waals surface area contributed by atoms with Crippen LogP contribution < -0.4 is 11.1 Å². The lowest BCUT2D eigenvalue weighted by Gasteiger charge is -2.14. The van der Waals surface area contributed by atoms with Gasteiger partial charge in [0.15, 0.2) is 5.76 Å². The highest BCUT2D eigenvalue weighted by Gasteiger charge is 2.31. The van der Waals surface area contributed by atoms with Crippen LogP contribution in [0, 0.1) is 6.92 Å². The molecule has 22 heavy (non-hydrogen) atoms. The molecule has 2 rings (SSSR count). The summed E-state index contributed by atoms with van der Waals surface area (Å²) in [6.07, 6.45) is 1.72. The van der Waals surface area contributed by atoms with Crippen molar-refractivity contribution in [1.29, 1.82) is 0 Å². The number of nitrogens with two attached hydrogens (primary N) is 1. The maximum Gasteiger partial charge on any atom is 0.287 e. The third-order valence-corrected chi connectivity index (χ3v) is 5.52. The lowest BCUT2D eigenvalue weighted by molar-refractivity contribution is 0.0912. The zero-order valence-corrected chi connectivity index (χ0v) is 14.3. The van der Waals surface area contributed by atoms with E-state index in [9.17, 15) is 13.2 Å². The summed E-state index contributed by atoms with van der Waals surface area (Å²) >= 11 is 0. The van der Waals surface area contributed by atoms with E-state index in [1.807, 2.05) is 0 Å². The van der Waals surface area contributed by atoms with Crippen molar-refractivity contribution in [2.75, 3.05) is 19.6 Å². The minimum absolute atomic E-state index is 0. The van der Waals surface area contributed by atoms with E-state index in [0.717, 1.165) is 12.8 Å². The Kier molecular flexibility index (Phi) is 6.42. The average molecular weight is 352 g/mol. The molecule has 1 aromatic heterocycles. The molecule has 0 aromatic carbocycles. The van der Waals surface area contributed by atoms with E-state index in [0.29, 0.717) is 19.6 Å². The predicted octanol–water partition coefficient (Wildman–Crippen LogP) is 0.871. The van der Waals surface area contributed by atoms with Crippen LogP contribution in [0.2, 0.25) is 0 Å². The fourth-order valence-corrected chi connectivity index (χ4v) is 3.93. The number of carbonyl (C=O) groups is 1. The first-order valence-corrected chi connectivity index (χ1v) is 8.41. The lowest BCUT2D eigenvalue weighted by Crippen LogP contribution is -2.37. The van der Waals surface area contributed by atoms with Crippen LogP contribution in [0.3, 0.4) is 0 Å². The molecule has 1 aliphatic rings. The molecule has 1 saturated heterocycles. The Hall–Kier alpha value is -1.09. The van der Waals surface area contributed by atoms with Crippen molar-refractivity contribution in [2.24, 2.45) is 5.73 Å². The van der Waals surface area contributed by atoms with Gasteiger partial charge in [-0.2, -0.15) is 4.31 Å². The van der Waals surface area contributed by atoms with Crippen LogP contribution in [-0.4, -0.2) is 44.3 Å². The molecule has 7 nitrogen and oxygen atoms in total. The molecule has 9 heteroatoms. The molecule has 0 bridgehead atoms. The summed E-state index contributed by atoms with van der Waals surface area (Å²) in [5.41, 5.74) is 5.44. The number of hydrogen-bond acceptors (Lipinski definition) is 5. The topological polar surface area (TPSA) is 106 Å². The van der Waals surface area contributed by atoms with Gasteiger partial charge in [-0.05, 0) is 26.7 Å². The van der Waals surface area contributed by atoms with E-state index in [2.05, 4.69) is 5.32 Å². The molecule has 0 spiro atoms. The Morgan fingerprint density at radius 1 is 1.45 bits per heavy atom. The number of amides is 1. The second-order valence-corrected chi connectivity index (χ2v) is 7.16. The van der Waals surface area contributed by atoms with Crippen LogP contribution in [0.5, 0.6) is 0 Å². The molecule has 1 atom stereocenters. The quantitative estimate of drug-likeness (QED) is 0.818. The number of furan rings is 1. The second-order valence-electron chi connectivity index (χ2n) is 5.25. The van der Waals surface area contributed by atoms with E-state index in [1.54, 1.807) is 13.8 Å². The molecule has 0 unspecified atom stereocenters. The SMILES string of the molecule is Cc1oc(C(=O)N[C@@H](C)CN)cc1S(=O)(=O)N1CCCC1.Cl. The van der Waals surface area contributed by atoms with Crippen LogP contribution in [0.4, 0.5) is 0 Å². The van der Waals surface area contributed by atoms with Crippen molar-refractivity contribution in [3.8, 4) is 0 Å². The summed E-state index contributed by atoms with van der Waals surface area (Å²) in [5, 5.41) is 2.64. The summed E-state index contributed by atoms with van der Waals surface area (Å²) < 4.78 is 31.7. The van der Waals surface area contributed by atoms with Crippen molar-refractivity contribution in [3.05, 3.63) is 17.6 Å².